The molecule has 2 aliphatic rings. The molecule has 0 radical (unpaired) electrons. The Bertz CT molecular complexity index is 836. The molecule has 26 heavy (non-hydrogen) atoms. The summed E-state index contributed by atoms with van der Waals surface area (Å²) in [6.45, 7) is 2.80. The van der Waals surface area contributed by atoms with E-state index in [0.29, 0.717) is 11.8 Å². The Labute approximate surface area is 153 Å². The smallest absolute Gasteiger partial charge is 0.114 e. The summed E-state index contributed by atoms with van der Waals surface area (Å²) in [6, 6.07) is 8.33. The lowest BCUT2D eigenvalue weighted by molar-refractivity contribution is 0.192. The number of hydrogen-bond acceptors (Lipinski definition) is 3. The third-order valence-corrected chi connectivity index (χ3v) is 6.14. The van der Waals surface area contributed by atoms with Crippen LogP contribution in [-0.4, -0.2) is 32.7 Å². The molecule has 136 valence electrons. The zero-order chi connectivity index (χ0) is 17.3. The van der Waals surface area contributed by atoms with Crippen molar-refractivity contribution >= 4 is 11.0 Å². The molecular weight excluding hydrogens is 324 g/mol. The molecule has 5 heteroatoms. The molecule has 2 fully saturated rings. The Hall–Kier alpha value is -2.14. The van der Waals surface area contributed by atoms with E-state index in [-0.39, 0.29) is 0 Å². The summed E-state index contributed by atoms with van der Waals surface area (Å²) in [7, 11) is 0. The third kappa shape index (κ3) is 3.05. The van der Waals surface area contributed by atoms with Gasteiger partial charge < -0.3 is 14.3 Å². The number of hydrogen-bond donors (Lipinski definition) is 1. The summed E-state index contributed by atoms with van der Waals surface area (Å²) in [4.78, 5) is 13.0. The van der Waals surface area contributed by atoms with Crippen molar-refractivity contribution in [3.05, 3.63) is 48.3 Å². The molecule has 0 bridgehead atoms. The third-order valence-electron chi connectivity index (χ3n) is 6.14. The number of aromatic amines is 1. The van der Waals surface area contributed by atoms with Crippen LogP contribution >= 0.6 is 0 Å². The number of aromatic nitrogens is 4. The number of imidazole rings is 2. The van der Waals surface area contributed by atoms with Crippen LogP contribution in [0, 0.1) is 5.92 Å². The number of para-hydroxylation sites is 2. The molecule has 5 nitrogen and oxygen atoms in total. The number of ether oxygens (including phenoxy) is 1. The summed E-state index contributed by atoms with van der Waals surface area (Å²) >= 11 is 0. The van der Waals surface area contributed by atoms with Crippen LogP contribution in [0.1, 0.15) is 55.6 Å². The van der Waals surface area contributed by atoms with Gasteiger partial charge in [-0.05, 0) is 50.2 Å². The van der Waals surface area contributed by atoms with Crippen LogP contribution < -0.4 is 0 Å². The first-order chi connectivity index (χ1) is 12.9. The molecule has 0 spiro atoms. The van der Waals surface area contributed by atoms with Crippen molar-refractivity contribution < 1.29 is 4.74 Å². The van der Waals surface area contributed by atoms with Gasteiger partial charge in [-0.1, -0.05) is 12.1 Å². The number of nitrogens with zero attached hydrogens (tertiary/aromatic N) is 3. The second-order valence-corrected chi connectivity index (χ2v) is 7.86. The average Bonchev–Trinajstić information content (AvgIpc) is 3.42. The van der Waals surface area contributed by atoms with E-state index >= 15 is 0 Å². The number of fused-ring (bicyclic) bond motifs is 1. The Kier molecular flexibility index (Phi) is 4.25. The van der Waals surface area contributed by atoms with E-state index in [1.807, 2.05) is 6.20 Å². The van der Waals surface area contributed by atoms with Gasteiger partial charge in [-0.25, -0.2) is 9.97 Å². The van der Waals surface area contributed by atoms with Crippen LogP contribution in [-0.2, 0) is 11.3 Å². The first-order valence-corrected chi connectivity index (χ1v) is 9.90. The van der Waals surface area contributed by atoms with Crippen LogP contribution in [0.4, 0.5) is 0 Å². The van der Waals surface area contributed by atoms with Crippen molar-refractivity contribution in [2.75, 3.05) is 13.2 Å². The fraction of sp³-hybridized carbons (Fsp3) is 0.524. The zero-order valence-electron chi connectivity index (χ0n) is 15.1. The molecule has 5 rings (SSSR count). The van der Waals surface area contributed by atoms with Gasteiger partial charge >= 0.3 is 0 Å². The van der Waals surface area contributed by atoms with E-state index < -0.39 is 0 Å². The number of nitrogens with one attached hydrogen (secondary N) is 1. The van der Waals surface area contributed by atoms with Crippen LogP contribution in [0.15, 0.2) is 36.7 Å². The molecule has 3 aromatic rings. The predicted octanol–water partition coefficient (Wildman–Crippen LogP) is 4.24. The first kappa shape index (κ1) is 16.1. The van der Waals surface area contributed by atoms with Crippen molar-refractivity contribution in [1.82, 2.24) is 19.5 Å². The second kappa shape index (κ2) is 6.88. The molecule has 0 amide bonds. The largest absolute Gasteiger partial charge is 0.381 e. The van der Waals surface area contributed by atoms with E-state index in [1.165, 1.54) is 37.3 Å². The quantitative estimate of drug-likeness (QED) is 0.766. The summed E-state index contributed by atoms with van der Waals surface area (Å²) in [6.07, 6.45) is 10.2. The summed E-state index contributed by atoms with van der Waals surface area (Å²) in [5.41, 5.74) is 2.25. The van der Waals surface area contributed by atoms with Crippen molar-refractivity contribution in [3.63, 3.8) is 0 Å². The summed E-state index contributed by atoms with van der Waals surface area (Å²) in [5.74, 6) is 4.20. The molecular formula is C21H26N4O. The Morgan fingerprint density at radius 2 is 1.96 bits per heavy atom. The minimum atomic E-state index is 0.483. The lowest BCUT2D eigenvalue weighted by Crippen LogP contribution is -2.20. The molecule has 1 saturated heterocycles. The molecule has 1 N–H and O–H groups in total. The molecule has 1 aromatic carbocycles. The maximum Gasteiger partial charge on any atom is 0.114 e. The highest BCUT2D eigenvalue weighted by Crippen LogP contribution is 2.36. The number of rotatable bonds is 4. The Morgan fingerprint density at radius 3 is 2.77 bits per heavy atom. The van der Waals surface area contributed by atoms with Crippen molar-refractivity contribution in [3.8, 4) is 0 Å². The maximum atomic E-state index is 5.55. The van der Waals surface area contributed by atoms with Crippen molar-refractivity contribution in [2.45, 2.75) is 50.5 Å². The predicted molar refractivity (Wildman–Crippen MR) is 101 cm³/mol. The van der Waals surface area contributed by atoms with Gasteiger partial charge in [0.2, 0.25) is 0 Å². The van der Waals surface area contributed by atoms with Gasteiger partial charge in [0.05, 0.1) is 17.6 Å². The first-order valence-electron chi connectivity index (χ1n) is 9.90. The van der Waals surface area contributed by atoms with Gasteiger partial charge in [-0.2, -0.15) is 0 Å². The number of H-pyrrole nitrogens is 1. The van der Waals surface area contributed by atoms with E-state index in [9.17, 15) is 0 Å². The van der Waals surface area contributed by atoms with Crippen molar-refractivity contribution in [1.29, 1.82) is 0 Å². The average molecular weight is 350 g/mol. The zero-order valence-corrected chi connectivity index (χ0v) is 15.1. The van der Waals surface area contributed by atoms with E-state index in [1.54, 1.807) is 0 Å². The topological polar surface area (TPSA) is 55.7 Å². The van der Waals surface area contributed by atoms with Gasteiger partial charge in [0.15, 0.2) is 0 Å². The van der Waals surface area contributed by atoms with Gasteiger partial charge in [0, 0.05) is 37.4 Å². The van der Waals surface area contributed by atoms with Gasteiger partial charge in [0.1, 0.15) is 11.6 Å². The molecule has 0 unspecified atom stereocenters. The van der Waals surface area contributed by atoms with Crippen LogP contribution in [0.2, 0.25) is 0 Å². The fourth-order valence-electron chi connectivity index (χ4n) is 4.64. The normalized spacial score (nSPS) is 26.5. The van der Waals surface area contributed by atoms with E-state index in [0.717, 1.165) is 43.1 Å². The maximum absolute atomic E-state index is 5.55. The van der Waals surface area contributed by atoms with Crippen LogP contribution in [0.25, 0.3) is 11.0 Å². The Balaban J connectivity index is 1.23. The van der Waals surface area contributed by atoms with E-state index in [4.69, 9.17) is 9.72 Å². The van der Waals surface area contributed by atoms with Crippen molar-refractivity contribution in [2.24, 2.45) is 5.92 Å². The molecule has 2 aromatic heterocycles. The lowest BCUT2D eigenvalue weighted by Gasteiger charge is -2.28. The highest BCUT2D eigenvalue weighted by Gasteiger charge is 2.27. The summed E-state index contributed by atoms with van der Waals surface area (Å²) in [5, 5.41) is 0. The minimum Gasteiger partial charge on any atom is -0.381 e. The Morgan fingerprint density at radius 1 is 1.08 bits per heavy atom. The molecule has 1 saturated carbocycles. The second-order valence-electron chi connectivity index (χ2n) is 7.86. The SMILES string of the molecule is c1ccc2[nH]c(C3CCC(Cn4ccnc4[C@@H]4CCOC4)CC3)nc2c1. The van der Waals surface area contributed by atoms with Gasteiger partial charge in [-0.15, -0.1) is 0 Å². The van der Waals surface area contributed by atoms with Gasteiger partial charge in [0.25, 0.3) is 0 Å². The molecule has 1 aliphatic heterocycles. The lowest BCUT2D eigenvalue weighted by atomic mass is 9.81. The molecule has 1 aliphatic carbocycles. The van der Waals surface area contributed by atoms with Crippen LogP contribution in [0.3, 0.4) is 0 Å². The molecule has 1 atom stereocenters. The van der Waals surface area contributed by atoms with E-state index in [2.05, 4.69) is 45.0 Å². The standard InChI is InChI=1S/C21H26N4O/c1-2-4-19-18(3-1)23-20(24-19)16-7-5-15(6-8-16)13-25-11-10-22-21(25)17-9-12-26-14-17/h1-4,10-11,15-17H,5-9,12-14H2,(H,23,24)/t15?,16?,17-/m1/s1. The number of benzene rings is 1. The summed E-state index contributed by atoms with van der Waals surface area (Å²) < 4.78 is 7.93. The highest BCUT2D eigenvalue weighted by atomic mass is 16.5. The highest BCUT2D eigenvalue weighted by molar-refractivity contribution is 5.74. The fourth-order valence-corrected chi connectivity index (χ4v) is 4.64. The van der Waals surface area contributed by atoms with Gasteiger partial charge in [-0.3, -0.25) is 0 Å². The minimum absolute atomic E-state index is 0.483. The molecule has 3 heterocycles. The van der Waals surface area contributed by atoms with Crippen LogP contribution in [0.5, 0.6) is 0 Å². The monoisotopic (exact) mass is 350 g/mol.